The van der Waals surface area contributed by atoms with Gasteiger partial charge in [0.05, 0.1) is 0 Å². The molecule has 1 aliphatic heterocycles. The van der Waals surface area contributed by atoms with Gasteiger partial charge >= 0.3 is 0 Å². The second kappa shape index (κ2) is 4.34. The van der Waals surface area contributed by atoms with Crippen LogP contribution in [0.5, 0.6) is 0 Å². The maximum Gasteiger partial charge on any atom is 0.297 e. The number of rotatable bonds is 3. The number of carbonyl (C=O) groups excluding carboxylic acids is 1. The maximum absolute atomic E-state index is 13.0. The van der Waals surface area contributed by atoms with Gasteiger partial charge in [0.1, 0.15) is 0 Å². The van der Waals surface area contributed by atoms with E-state index >= 15 is 0 Å². The predicted octanol–water partition coefficient (Wildman–Crippen LogP) is 1.46. The summed E-state index contributed by atoms with van der Waals surface area (Å²) in [5.41, 5.74) is -1.50. The number of aromatic amines is 1. The lowest BCUT2D eigenvalue weighted by molar-refractivity contribution is -0.164. The van der Waals surface area contributed by atoms with Crippen molar-refractivity contribution in [1.29, 1.82) is 0 Å². The normalized spacial score (nSPS) is 26.2. The first kappa shape index (κ1) is 13.2. The van der Waals surface area contributed by atoms with E-state index in [1.165, 1.54) is 13.0 Å². The Morgan fingerprint density at radius 3 is 2.90 bits per heavy atom. The van der Waals surface area contributed by atoms with Crippen molar-refractivity contribution in [3.05, 3.63) is 17.5 Å². The van der Waals surface area contributed by atoms with Crippen LogP contribution in [0.3, 0.4) is 0 Å². The highest BCUT2D eigenvalue weighted by Crippen LogP contribution is 2.39. The highest BCUT2D eigenvalue weighted by molar-refractivity contribution is 5.96. The van der Waals surface area contributed by atoms with Gasteiger partial charge in [0.2, 0.25) is 5.72 Å². The number of hydrogen-bond donors (Lipinski definition) is 2. The monoisotopic (exact) mass is 284 g/mol. The van der Waals surface area contributed by atoms with Crippen LogP contribution in [0.15, 0.2) is 11.2 Å². The van der Waals surface area contributed by atoms with Gasteiger partial charge in [0, 0.05) is 23.7 Å². The third-order valence-electron chi connectivity index (χ3n) is 3.53. The van der Waals surface area contributed by atoms with Crippen LogP contribution in [0.4, 0.5) is 8.78 Å². The minimum absolute atomic E-state index is 0.00979. The number of aliphatic hydroxyl groups is 1. The molecule has 108 valence electrons. The number of alkyl halides is 2. The summed E-state index contributed by atoms with van der Waals surface area (Å²) in [5.74, 6) is -0.463. The van der Waals surface area contributed by atoms with Gasteiger partial charge in [0.25, 0.3) is 12.3 Å². The number of H-pyrrole nitrogens is 1. The zero-order chi connectivity index (χ0) is 14.5. The van der Waals surface area contributed by atoms with Crippen molar-refractivity contribution in [1.82, 2.24) is 15.2 Å². The Hall–Kier alpha value is -1.83. The highest BCUT2D eigenvalue weighted by atomic mass is 19.3. The largest absolute Gasteiger partial charge is 0.364 e. The van der Waals surface area contributed by atoms with Crippen LogP contribution < -0.4 is 0 Å². The summed E-state index contributed by atoms with van der Waals surface area (Å²) in [4.78, 5) is 12.2. The van der Waals surface area contributed by atoms with Crippen molar-refractivity contribution in [2.45, 2.75) is 44.3 Å². The van der Waals surface area contributed by atoms with Gasteiger partial charge in [-0.2, -0.15) is 15.2 Å². The second-order valence-electron chi connectivity index (χ2n) is 5.29. The predicted molar refractivity (Wildman–Crippen MR) is 65.4 cm³/mol. The molecule has 0 spiro atoms. The van der Waals surface area contributed by atoms with Crippen LogP contribution in [0.2, 0.25) is 0 Å². The Balaban J connectivity index is 1.87. The molecule has 2 N–H and O–H groups in total. The van der Waals surface area contributed by atoms with Crippen molar-refractivity contribution >= 4 is 11.6 Å². The molecule has 2 aliphatic rings. The van der Waals surface area contributed by atoms with E-state index in [2.05, 4.69) is 15.3 Å². The molecule has 1 atom stereocenters. The number of halogens is 2. The molecule has 2 heterocycles. The average Bonchev–Trinajstić information content (AvgIpc) is 3.03. The number of carbonyl (C=O) groups is 1. The van der Waals surface area contributed by atoms with Gasteiger partial charge in [-0.3, -0.25) is 9.89 Å². The Morgan fingerprint density at radius 1 is 1.60 bits per heavy atom. The summed E-state index contributed by atoms with van der Waals surface area (Å²) >= 11 is 0. The fourth-order valence-electron chi connectivity index (χ4n) is 2.29. The first-order valence-electron chi connectivity index (χ1n) is 6.36. The van der Waals surface area contributed by atoms with Crippen molar-refractivity contribution < 1.29 is 18.7 Å². The van der Waals surface area contributed by atoms with Crippen LogP contribution in [-0.2, 0) is 0 Å². The fraction of sp³-hybridized carbons (Fsp3) is 0.583. The van der Waals surface area contributed by atoms with E-state index in [4.69, 9.17) is 0 Å². The third-order valence-corrected chi connectivity index (χ3v) is 3.53. The Kier molecular flexibility index (Phi) is 2.86. The van der Waals surface area contributed by atoms with Crippen LogP contribution >= 0.6 is 0 Å². The van der Waals surface area contributed by atoms with Crippen molar-refractivity contribution in [3.8, 4) is 0 Å². The van der Waals surface area contributed by atoms with Gasteiger partial charge in [0.15, 0.2) is 5.69 Å². The number of nitrogens with zero attached hydrogens (tertiary/aromatic N) is 3. The number of aromatic nitrogens is 2. The first-order valence-corrected chi connectivity index (χ1v) is 6.36. The smallest absolute Gasteiger partial charge is 0.297 e. The lowest BCUT2D eigenvalue weighted by atomic mass is 10.1. The molecule has 3 rings (SSSR count). The van der Waals surface area contributed by atoms with E-state index in [0.29, 0.717) is 10.9 Å². The molecule has 0 saturated heterocycles. The zero-order valence-electron chi connectivity index (χ0n) is 10.8. The molecule has 1 aromatic rings. The standard InChI is InChI=1S/C12H14F2N4O2/c1-6-5-12(20,11(13)14)18(17-6)10(19)9-4-8(15-16-9)7-2-3-7/h4,7,11,20H,2-3,5H2,1H3,(H,15,16). The van der Waals surface area contributed by atoms with E-state index < -0.39 is 18.1 Å². The minimum Gasteiger partial charge on any atom is -0.364 e. The molecule has 1 fully saturated rings. The lowest BCUT2D eigenvalue weighted by Crippen LogP contribution is -2.51. The molecule has 8 heteroatoms. The number of hydrazone groups is 1. The summed E-state index contributed by atoms with van der Waals surface area (Å²) in [7, 11) is 0. The molecular weight excluding hydrogens is 270 g/mol. The number of amides is 1. The molecule has 0 bridgehead atoms. The van der Waals surface area contributed by atoms with Crippen molar-refractivity contribution in [2.75, 3.05) is 0 Å². The Bertz CT molecular complexity index is 582. The summed E-state index contributed by atoms with van der Waals surface area (Å²) < 4.78 is 26.0. The average molecular weight is 284 g/mol. The van der Waals surface area contributed by atoms with E-state index in [1.54, 1.807) is 0 Å². The molecule has 6 nitrogen and oxygen atoms in total. The van der Waals surface area contributed by atoms with Gasteiger partial charge in [-0.15, -0.1) is 0 Å². The second-order valence-corrected chi connectivity index (χ2v) is 5.29. The molecule has 1 aromatic heterocycles. The molecule has 1 amide bonds. The SMILES string of the molecule is CC1=NN(C(=O)c2cc(C3CC3)[nH]n2)C(O)(C(F)F)C1. The molecular formula is C12H14F2N4O2. The minimum atomic E-state index is -3.10. The van der Waals surface area contributed by atoms with Gasteiger partial charge < -0.3 is 5.11 Å². The molecule has 20 heavy (non-hydrogen) atoms. The highest BCUT2D eigenvalue weighted by Gasteiger charge is 2.51. The number of nitrogens with one attached hydrogen (secondary N) is 1. The van der Waals surface area contributed by atoms with Crippen LogP contribution in [-0.4, -0.2) is 44.1 Å². The van der Waals surface area contributed by atoms with E-state index in [9.17, 15) is 18.7 Å². The first-order chi connectivity index (χ1) is 9.41. The van der Waals surface area contributed by atoms with Gasteiger partial charge in [-0.25, -0.2) is 8.78 Å². The molecule has 0 radical (unpaired) electrons. The fourth-order valence-corrected chi connectivity index (χ4v) is 2.29. The lowest BCUT2D eigenvalue weighted by Gasteiger charge is -2.29. The third kappa shape index (κ3) is 2.00. The topological polar surface area (TPSA) is 81.6 Å². The molecule has 0 aromatic carbocycles. The summed E-state index contributed by atoms with van der Waals surface area (Å²) in [6, 6.07) is 1.54. The Labute approximate surface area is 113 Å². The number of hydrogen-bond acceptors (Lipinski definition) is 4. The van der Waals surface area contributed by atoms with E-state index in [0.717, 1.165) is 18.5 Å². The van der Waals surface area contributed by atoms with Crippen LogP contribution in [0.25, 0.3) is 0 Å². The van der Waals surface area contributed by atoms with Crippen molar-refractivity contribution in [2.24, 2.45) is 5.10 Å². The quantitative estimate of drug-likeness (QED) is 0.881. The van der Waals surface area contributed by atoms with Crippen LogP contribution in [0, 0.1) is 0 Å². The molecule has 1 aliphatic carbocycles. The van der Waals surface area contributed by atoms with Gasteiger partial charge in [-0.1, -0.05) is 0 Å². The summed E-state index contributed by atoms with van der Waals surface area (Å²) in [6.45, 7) is 1.49. The van der Waals surface area contributed by atoms with Crippen molar-refractivity contribution in [3.63, 3.8) is 0 Å². The van der Waals surface area contributed by atoms with Crippen LogP contribution in [0.1, 0.15) is 48.3 Å². The maximum atomic E-state index is 13.0. The molecule has 1 unspecified atom stereocenters. The van der Waals surface area contributed by atoms with E-state index in [1.807, 2.05) is 0 Å². The molecule has 1 saturated carbocycles. The van der Waals surface area contributed by atoms with E-state index in [-0.39, 0.29) is 17.8 Å². The van der Waals surface area contributed by atoms with Gasteiger partial charge in [-0.05, 0) is 25.8 Å². The zero-order valence-corrected chi connectivity index (χ0v) is 10.8. The summed E-state index contributed by atoms with van der Waals surface area (Å²) in [6.07, 6.45) is -1.42. The Morgan fingerprint density at radius 2 is 2.30 bits per heavy atom. The summed E-state index contributed by atoms with van der Waals surface area (Å²) in [5, 5.41) is 20.7.